The Morgan fingerprint density at radius 1 is 1.50 bits per heavy atom. The molecule has 1 aromatic carbocycles. The number of rotatable bonds is 0. The van der Waals surface area contributed by atoms with Crippen molar-refractivity contribution in [3.05, 3.63) is 22.4 Å². The van der Waals surface area contributed by atoms with Crippen LogP contribution in [0, 0.1) is 5.82 Å². The smallest absolute Gasteiger partial charge is 0.164 e. The second-order valence-corrected chi connectivity index (χ2v) is 3.30. The fourth-order valence-corrected chi connectivity index (χ4v) is 1.40. The maximum Gasteiger partial charge on any atom is 0.164 e. The van der Waals surface area contributed by atoms with Crippen LogP contribution < -0.4 is 0 Å². The summed E-state index contributed by atoms with van der Waals surface area (Å²) in [6.45, 7) is 0. The molecule has 0 atom stereocenters. The van der Waals surface area contributed by atoms with Crippen LogP contribution in [0.25, 0.3) is 11.0 Å². The highest BCUT2D eigenvalue weighted by molar-refractivity contribution is 9.10. The molecule has 2 aromatic rings. The standard InChI is InChI=1S/C7H5BrFN3/c1-12-7-5(10-11-12)3-2-4(8)6(7)9/h2-3H,1H3. The van der Waals surface area contributed by atoms with Crippen LogP contribution in [0.2, 0.25) is 0 Å². The quantitative estimate of drug-likeness (QED) is 0.691. The van der Waals surface area contributed by atoms with E-state index in [4.69, 9.17) is 0 Å². The lowest BCUT2D eigenvalue weighted by molar-refractivity contribution is 0.617. The highest BCUT2D eigenvalue weighted by Gasteiger charge is 2.09. The lowest BCUT2D eigenvalue weighted by atomic mass is 10.3. The summed E-state index contributed by atoms with van der Waals surface area (Å²) >= 11 is 3.09. The highest BCUT2D eigenvalue weighted by atomic mass is 79.9. The predicted molar refractivity (Wildman–Crippen MR) is 46.2 cm³/mol. The SMILES string of the molecule is Cn1nnc2ccc(Br)c(F)c21. The molecule has 0 aliphatic carbocycles. The van der Waals surface area contributed by atoms with Gasteiger partial charge in [-0.05, 0) is 28.1 Å². The number of fused-ring (bicyclic) bond motifs is 1. The molecule has 0 bridgehead atoms. The minimum absolute atomic E-state index is 0.319. The second-order valence-electron chi connectivity index (χ2n) is 2.44. The highest BCUT2D eigenvalue weighted by Crippen LogP contribution is 2.22. The minimum Gasteiger partial charge on any atom is -0.245 e. The summed E-state index contributed by atoms with van der Waals surface area (Å²) in [6.07, 6.45) is 0. The van der Waals surface area contributed by atoms with Gasteiger partial charge in [-0.2, -0.15) is 0 Å². The first kappa shape index (κ1) is 7.67. The van der Waals surface area contributed by atoms with E-state index >= 15 is 0 Å². The van der Waals surface area contributed by atoms with E-state index in [2.05, 4.69) is 26.2 Å². The molecule has 0 saturated heterocycles. The summed E-state index contributed by atoms with van der Waals surface area (Å²) < 4.78 is 15.2. The second kappa shape index (κ2) is 2.52. The van der Waals surface area contributed by atoms with E-state index in [0.29, 0.717) is 15.5 Å². The molecule has 3 nitrogen and oxygen atoms in total. The number of aromatic nitrogens is 3. The summed E-state index contributed by atoms with van der Waals surface area (Å²) in [5, 5.41) is 7.48. The molecule has 1 aromatic heterocycles. The van der Waals surface area contributed by atoms with Crippen molar-refractivity contribution in [2.45, 2.75) is 0 Å². The molecular formula is C7H5BrFN3. The third-order valence-electron chi connectivity index (χ3n) is 1.66. The monoisotopic (exact) mass is 229 g/mol. The molecule has 0 spiro atoms. The number of halogens is 2. The fourth-order valence-electron chi connectivity index (χ4n) is 1.08. The van der Waals surface area contributed by atoms with Gasteiger partial charge in [0.05, 0.1) is 4.47 Å². The predicted octanol–water partition coefficient (Wildman–Crippen LogP) is 1.87. The van der Waals surface area contributed by atoms with Gasteiger partial charge in [0.15, 0.2) is 5.82 Å². The summed E-state index contributed by atoms with van der Waals surface area (Å²) in [5.74, 6) is -0.319. The van der Waals surface area contributed by atoms with E-state index in [9.17, 15) is 4.39 Å². The van der Waals surface area contributed by atoms with Crippen LogP contribution in [-0.2, 0) is 7.05 Å². The molecule has 0 saturated carbocycles. The van der Waals surface area contributed by atoms with Crippen molar-refractivity contribution in [3.8, 4) is 0 Å². The van der Waals surface area contributed by atoms with Gasteiger partial charge in [-0.1, -0.05) is 5.21 Å². The first-order chi connectivity index (χ1) is 5.70. The number of nitrogens with zero attached hydrogens (tertiary/aromatic N) is 3. The minimum atomic E-state index is -0.319. The van der Waals surface area contributed by atoms with E-state index in [-0.39, 0.29) is 5.82 Å². The van der Waals surface area contributed by atoms with Crippen molar-refractivity contribution in [2.75, 3.05) is 0 Å². The Morgan fingerprint density at radius 3 is 3.00 bits per heavy atom. The molecule has 1 heterocycles. The summed E-state index contributed by atoms with van der Waals surface area (Å²) in [7, 11) is 1.66. The lowest BCUT2D eigenvalue weighted by Gasteiger charge is -1.95. The maximum atomic E-state index is 13.3. The molecule has 12 heavy (non-hydrogen) atoms. The van der Waals surface area contributed by atoms with E-state index in [1.165, 1.54) is 4.68 Å². The number of aryl methyl sites for hydroxylation is 1. The van der Waals surface area contributed by atoms with E-state index in [1.54, 1.807) is 19.2 Å². The van der Waals surface area contributed by atoms with Crippen molar-refractivity contribution in [1.29, 1.82) is 0 Å². The van der Waals surface area contributed by atoms with E-state index < -0.39 is 0 Å². The number of hydrogen-bond donors (Lipinski definition) is 0. The van der Waals surface area contributed by atoms with Crippen LogP contribution in [0.1, 0.15) is 0 Å². The average Bonchev–Trinajstić information content (AvgIpc) is 2.41. The van der Waals surface area contributed by atoms with Gasteiger partial charge in [0, 0.05) is 7.05 Å². The molecular weight excluding hydrogens is 225 g/mol. The van der Waals surface area contributed by atoms with Gasteiger partial charge >= 0.3 is 0 Å². The molecule has 5 heteroatoms. The Hall–Kier alpha value is -0.970. The van der Waals surface area contributed by atoms with Gasteiger partial charge < -0.3 is 0 Å². The Bertz CT molecular complexity index is 437. The molecule has 0 fully saturated rings. The number of benzene rings is 1. The third kappa shape index (κ3) is 0.929. The third-order valence-corrected chi connectivity index (χ3v) is 2.27. The normalized spacial score (nSPS) is 10.9. The van der Waals surface area contributed by atoms with Gasteiger partial charge in [-0.25, -0.2) is 9.07 Å². The molecule has 2 rings (SSSR count). The van der Waals surface area contributed by atoms with Crippen LogP contribution >= 0.6 is 15.9 Å². The van der Waals surface area contributed by atoms with E-state index in [1.807, 2.05) is 0 Å². The Balaban J connectivity index is 2.96. The Kier molecular flexibility index (Phi) is 1.61. The Labute approximate surface area is 76.3 Å². The summed E-state index contributed by atoms with van der Waals surface area (Å²) in [6, 6.07) is 3.34. The molecule has 0 N–H and O–H groups in total. The van der Waals surface area contributed by atoms with Crippen molar-refractivity contribution < 1.29 is 4.39 Å². The molecule has 0 aliphatic heterocycles. The lowest BCUT2D eigenvalue weighted by Crippen LogP contribution is -1.92. The maximum absolute atomic E-state index is 13.3. The largest absolute Gasteiger partial charge is 0.245 e. The zero-order valence-corrected chi connectivity index (χ0v) is 7.84. The van der Waals surface area contributed by atoms with Crippen molar-refractivity contribution >= 4 is 27.0 Å². The zero-order valence-electron chi connectivity index (χ0n) is 6.25. The Morgan fingerprint density at radius 2 is 2.25 bits per heavy atom. The van der Waals surface area contributed by atoms with Gasteiger partial charge in [-0.3, -0.25) is 0 Å². The first-order valence-corrected chi connectivity index (χ1v) is 4.13. The zero-order chi connectivity index (χ0) is 8.72. The van der Waals surface area contributed by atoms with Gasteiger partial charge in [0.2, 0.25) is 0 Å². The average molecular weight is 230 g/mol. The molecule has 0 radical (unpaired) electrons. The van der Waals surface area contributed by atoms with Crippen molar-refractivity contribution in [2.24, 2.45) is 7.05 Å². The van der Waals surface area contributed by atoms with Crippen LogP contribution in [0.3, 0.4) is 0 Å². The van der Waals surface area contributed by atoms with Crippen molar-refractivity contribution in [3.63, 3.8) is 0 Å². The van der Waals surface area contributed by atoms with Gasteiger partial charge in [-0.15, -0.1) is 5.10 Å². The van der Waals surface area contributed by atoms with Crippen molar-refractivity contribution in [1.82, 2.24) is 15.0 Å². The van der Waals surface area contributed by atoms with Crippen LogP contribution in [0.15, 0.2) is 16.6 Å². The van der Waals surface area contributed by atoms with E-state index in [0.717, 1.165) is 0 Å². The van der Waals surface area contributed by atoms with Crippen LogP contribution in [-0.4, -0.2) is 15.0 Å². The molecule has 0 amide bonds. The first-order valence-electron chi connectivity index (χ1n) is 3.33. The van der Waals surface area contributed by atoms with Gasteiger partial charge in [0.25, 0.3) is 0 Å². The molecule has 0 unspecified atom stereocenters. The fraction of sp³-hybridized carbons (Fsp3) is 0.143. The molecule has 0 aliphatic rings. The summed E-state index contributed by atoms with van der Waals surface area (Å²) in [4.78, 5) is 0. The number of hydrogen-bond acceptors (Lipinski definition) is 2. The van der Waals surface area contributed by atoms with Gasteiger partial charge in [0.1, 0.15) is 11.0 Å². The van der Waals surface area contributed by atoms with Crippen LogP contribution in [0.5, 0.6) is 0 Å². The summed E-state index contributed by atoms with van der Waals surface area (Å²) in [5.41, 5.74) is 0.988. The van der Waals surface area contributed by atoms with Crippen LogP contribution in [0.4, 0.5) is 4.39 Å². The topological polar surface area (TPSA) is 30.7 Å². The molecule has 62 valence electrons.